The van der Waals surface area contributed by atoms with Crippen LogP contribution in [-0.2, 0) is 10.2 Å². The monoisotopic (exact) mass is 231 g/mol. The third-order valence-electron chi connectivity index (χ3n) is 3.26. The highest BCUT2D eigenvalue weighted by atomic mass is 16.4. The van der Waals surface area contributed by atoms with Crippen LogP contribution < -0.4 is 5.32 Å². The van der Waals surface area contributed by atoms with Crippen molar-refractivity contribution in [3.8, 4) is 0 Å². The molecule has 3 nitrogen and oxygen atoms in total. The summed E-state index contributed by atoms with van der Waals surface area (Å²) in [6.45, 7) is 0.786. The fraction of sp³-hybridized carbons (Fsp3) is 0.357. The van der Waals surface area contributed by atoms with Gasteiger partial charge in [0.05, 0.1) is 5.41 Å². The first kappa shape index (κ1) is 11.9. The number of likely N-dealkylation sites (N-methyl/N-ethyl adjacent to an activating group) is 1. The number of carboxylic acids is 1. The molecule has 0 aromatic heterocycles. The summed E-state index contributed by atoms with van der Waals surface area (Å²) < 4.78 is 0. The number of carboxylic acid groups (broad SMARTS) is 1. The maximum absolute atomic E-state index is 11.3. The molecular weight excluding hydrogens is 214 g/mol. The molecule has 1 saturated carbocycles. The number of aliphatic carboxylic acids is 1. The van der Waals surface area contributed by atoms with E-state index in [2.05, 4.69) is 5.32 Å². The van der Waals surface area contributed by atoms with Crippen molar-refractivity contribution in [2.75, 3.05) is 13.6 Å². The fourth-order valence-corrected chi connectivity index (χ4v) is 2.11. The van der Waals surface area contributed by atoms with E-state index >= 15 is 0 Å². The van der Waals surface area contributed by atoms with E-state index in [4.69, 9.17) is 0 Å². The van der Waals surface area contributed by atoms with Gasteiger partial charge in [0.2, 0.25) is 0 Å². The molecule has 0 atom stereocenters. The van der Waals surface area contributed by atoms with Gasteiger partial charge in [-0.2, -0.15) is 0 Å². The molecule has 0 saturated heterocycles. The highest BCUT2D eigenvalue weighted by Crippen LogP contribution is 2.49. The van der Waals surface area contributed by atoms with Crippen LogP contribution in [-0.4, -0.2) is 24.7 Å². The Balaban J connectivity index is 2.32. The largest absolute Gasteiger partial charge is 0.481 e. The molecule has 3 heteroatoms. The quantitative estimate of drug-likeness (QED) is 0.815. The standard InChI is InChI=1S/C14H17NO2/c1-15-10-4-6-11-5-2-3-7-12(11)14(8-9-14)13(16)17/h2-7,15H,8-10H2,1H3,(H,16,17). The molecule has 90 valence electrons. The average molecular weight is 231 g/mol. The lowest BCUT2D eigenvalue weighted by Crippen LogP contribution is -2.20. The zero-order valence-electron chi connectivity index (χ0n) is 9.94. The minimum absolute atomic E-state index is 0.624. The first-order valence-corrected chi connectivity index (χ1v) is 5.85. The van der Waals surface area contributed by atoms with Gasteiger partial charge in [-0.3, -0.25) is 4.79 Å². The lowest BCUT2D eigenvalue weighted by Gasteiger charge is -2.13. The van der Waals surface area contributed by atoms with Crippen molar-refractivity contribution >= 4 is 12.0 Å². The highest BCUT2D eigenvalue weighted by molar-refractivity contribution is 5.86. The predicted octanol–water partition coefficient (Wildman–Crippen LogP) is 2.04. The molecule has 0 bridgehead atoms. The summed E-state index contributed by atoms with van der Waals surface area (Å²) >= 11 is 0. The number of nitrogens with one attached hydrogen (secondary N) is 1. The van der Waals surface area contributed by atoms with Crippen molar-refractivity contribution in [1.82, 2.24) is 5.32 Å². The topological polar surface area (TPSA) is 49.3 Å². The molecule has 0 unspecified atom stereocenters. The average Bonchev–Trinajstić information content (AvgIpc) is 3.11. The molecule has 1 aromatic rings. The normalized spacial score (nSPS) is 17.2. The number of hydrogen-bond acceptors (Lipinski definition) is 2. The first-order chi connectivity index (χ1) is 8.20. The number of rotatable bonds is 5. The maximum atomic E-state index is 11.3. The Morgan fingerprint density at radius 2 is 2.18 bits per heavy atom. The van der Waals surface area contributed by atoms with Gasteiger partial charge in [-0.1, -0.05) is 36.4 Å². The first-order valence-electron chi connectivity index (χ1n) is 5.85. The van der Waals surface area contributed by atoms with Crippen LogP contribution in [0.4, 0.5) is 0 Å². The third-order valence-corrected chi connectivity index (χ3v) is 3.26. The zero-order valence-corrected chi connectivity index (χ0v) is 9.94. The van der Waals surface area contributed by atoms with Crippen LogP contribution in [0, 0.1) is 0 Å². The van der Waals surface area contributed by atoms with E-state index < -0.39 is 11.4 Å². The summed E-state index contributed by atoms with van der Waals surface area (Å²) in [6, 6.07) is 7.76. The van der Waals surface area contributed by atoms with E-state index in [0.717, 1.165) is 30.5 Å². The van der Waals surface area contributed by atoms with Crippen molar-refractivity contribution < 1.29 is 9.90 Å². The summed E-state index contributed by atoms with van der Waals surface area (Å²) in [6.07, 6.45) is 5.50. The van der Waals surface area contributed by atoms with Gasteiger partial charge in [0.1, 0.15) is 0 Å². The van der Waals surface area contributed by atoms with Gasteiger partial charge in [-0.05, 0) is 31.0 Å². The van der Waals surface area contributed by atoms with Crippen molar-refractivity contribution in [2.24, 2.45) is 0 Å². The minimum Gasteiger partial charge on any atom is -0.481 e. The van der Waals surface area contributed by atoms with Gasteiger partial charge in [-0.15, -0.1) is 0 Å². The molecule has 1 aliphatic carbocycles. The minimum atomic E-state index is -0.702. The van der Waals surface area contributed by atoms with E-state index in [1.807, 2.05) is 43.5 Å². The summed E-state index contributed by atoms with van der Waals surface area (Å²) in [4.78, 5) is 11.3. The van der Waals surface area contributed by atoms with E-state index in [1.54, 1.807) is 0 Å². The van der Waals surface area contributed by atoms with E-state index in [1.165, 1.54) is 0 Å². The summed E-state index contributed by atoms with van der Waals surface area (Å²) in [5.74, 6) is -0.702. The lowest BCUT2D eigenvalue weighted by atomic mass is 9.91. The fourth-order valence-electron chi connectivity index (χ4n) is 2.11. The molecule has 1 aliphatic rings. The van der Waals surface area contributed by atoms with Crippen LogP contribution in [0.2, 0.25) is 0 Å². The third kappa shape index (κ3) is 2.24. The molecule has 0 radical (unpaired) electrons. The van der Waals surface area contributed by atoms with Crippen LogP contribution in [0.3, 0.4) is 0 Å². The van der Waals surface area contributed by atoms with E-state index in [-0.39, 0.29) is 0 Å². The Labute approximate surface area is 101 Å². The van der Waals surface area contributed by atoms with Crippen LogP contribution in [0.1, 0.15) is 24.0 Å². The van der Waals surface area contributed by atoms with Crippen LogP contribution in [0.25, 0.3) is 6.08 Å². The molecule has 0 amide bonds. The molecule has 2 rings (SSSR count). The molecule has 1 aromatic carbocycles. The molecule has 0 spiro atoms. The molecule has 17 heavy (non-hydrogen) atoms. The SMILES string of the molecule is CNCC=Cc1ccccc1C1(C(=O)O)CC1. The van der Waals surface area contributed by atoms with Crippen LogP contribution in [0.15, 0.2) is 30.3 Å². The second kappa shape index (κ2) is 4.72. The molecule has 0 aliphatic heterocycles. The van der Waals surface area contributed by atoms with Gasteiger partial charge in [-0.25, -0.2) is 0 Å². The van der Waals surface area contributed by atoms with Gasteiger partial charge in [0, 0.05) is 6.54 Å². The second-order valence-electron chi connectivity index (χ2n) is 4.43. The molecular formula is C14H17NO2. The van der Waals surface area contributed by atoms with Crippen LogP contribution >= 0.6 is 0 Å². The Morgan fingerprint density at radius 3 is 2.76 bits per heavy atom. The van der Waals surface area contributed by atoms with Crippen molar-refractivity contribution in [2.45, 2.75) is 18.3 Å². The number of hydrogen-bond donors (Lipinski definition) is 2. The predicted molar refractivity (Wildman–Crippen MR) is 68.0 cm³/mol. The van der Waals surface area contributed by atoms with Gasteiger partial charge < -0.3 is 10.4 Å². The highest BCUT2D eigenvalue weighted by Gasteiger charge is 2.52. The van der Waals surface area contributed by atoms with Crippen molar-refractivity contribution in [3.63, 3.8) is 0 Å². The van der Waals surface area contributed by atoms with Crippen molar-refractivity contribution in [3.05, 3.63) is 41.5 Å². The summed E-state index contributed by atoms with van der Waals surface area (Å²) in [5.41, 5.74) is 1.34. The van der Waals surface area contributed by atoms with E-state index in [0.29, 0.717) is 0 Å². The number of benzene rings is 1. The second-order valence-corrected chi connectivity index (χ2v) is 4.43. The smallest absolute Gasteiger partial charge is 0.314 e. The van der Waals surface area contributed by atoms with Crippen molar-refractivity contribution in [1.29, 1.82) is 0 Å². The Kier molecular flexibility index (Phi) is 3.29. The molecule has 2 N–H and O–H groups in total. The van der Waals surface area contributed by atoms with Gasteiger partial charge >= 0.3 is 5.97 Å². The van der Waals surface area contributed by atoms with E-state index in [9.17, 15) is 9.90 Å². The zero-order chi connectivity index (χ0) is 12.3. The van der Waals surface area contributed by atoms with Gasteiger partial charge in [0.15, 0.2) is 0 Å². The maximum Gasteiger partial charge on any atom is 0.314 e. The summed E-state index contributed by atoms with van der Waals surface area (Å²) in [5, 5.41) is 12.3. The summed E-state index contributed by atoms with van der Waals surface area (Å²) in [7, 11) is 1.88. The Hall–Kier alpha value is -1.61. The molecule has 0 heterocycles. The van der Waals surface area contributed by atoms with Crippen LogP contribution in [0.5, 0.6) is 0 Å². The van der Waals surface area contributed by atoms with Gasteiger partial charge in [0.25, 0.3) is 0 Å². The molecule has 1 fully saturated rings. The Morgan fingerprint density at radius 1 is 1.47 bits per heavy atom. The lowest BCUT2D eigenvalue weighted by molar-refractivity contribution is -0.140. The number of carbonyl (C=O) groups is 1. The Bertz CT molecular complexity index is 447.